The van der Waals surface area contributed by atoms with E-state index in [0.29, 0.717) is 0 Å². The second kappa shape index (κ2) is 6.47. The minimum Gasteiger partial charge on any atom is -0.335 e. The average molecular weight is 312 g/mol. The smallest absolute Gasteiger partial charge is 0.328 e. The highest BCUT2D eigenvalue weighted by atomic mass is 32.2. The molecule has 0 aliphatic carbocycles. The van der Waals surface area contributed by atoms with Gasteiger partial charge < -0.3 is 5.32 Å². The van der Waals surface area contributed by atoms with E-state index in [1.54, 1.807) is 12.1 Å². The van der Waals surface area contributed by atoms with Crippen LogP contribution in [-0.4, -0.2) is 20.5 Å². The zero-order valence-corrected chi connectivity index (χ0v) is 14.0. The van der Waals surface area contributed by atoms with Gasteiger partial charge in [0, 0.05) is 6.04 Å². The van der Waals surface area contributed by atoms with Crippen LogP contribution in [0.2, 0.25) is 0 Å². The minimum atomic E-state index is -3.84. The number of hydrogen-bond acceptors (Lipinski definition) is 3. The van der Waals surface area contributed by atoms with Crippen LogP contribution < -0.4 is 10.0 Å². The van der Waals surface area contributed by atoms with Crippen molar-refractivity contribution in [3.63, 3.8) is 0 Å². The van der Waals surface area contributed by atoms with Crippen molar-refractivity contribution in [3.8, 4) is 0 Å². The van der Waals surface area contributed by atoms with Gasteiger partial charge in [0.1, 0.15) is 0 Å². The number of sulfonamides is 1. The summed E-state index contributed by atoms with van der Waals surface area (Å²) in [4.78, 5) is 11.7. The van der Waals surface area contributed by atoms with Gasteiger partial charge in [-0.25, -0.2) is 17.9 Å². The van der Waals surface area contributed by atoms with E-state index in [1.807, 2.05) is 39.3 Å². The number of carbonyl (C=O) groups excluding carboxylic acids is 1. The highest BCUT2D eigenvalue weighted by molar-refractivity contribution is 7.90. The molecule has 21 heavy (non-hydrogen) atoms. The van der Waals surface area contributed by atoms with Crippen LogP contribution in [-0.2, 0) is 15.4 Å². The molecular weight excluding hydrogens is 288 g/mol. The van der Waals surface area contributed by atoms with Crippen LogP contribution in [0.25, 0.3) is 0 Å². The lowest BCUT2D eigenvalue weighted by molar-refractivity contribution is 0.242. The zero-order valence-electron chi connectivity index (χ0n) is 13.2. The SMILES string of the molecule is CCC(C)NC(=O)NS(=O)(=O)c1ccc(C(C)(C)C)cc1. The third kappa shape index (κ3) is 5.04. The molecule has 0 aromatic heterocycles. The predicted octanol–water partition coefficient (Wildman–Crippen LogP) is 2.77. The van der Waals surface area contributed by atoms with Gasteiger partial charge in [-0.1, -0.05) is 39.8 Å². The number of amides is 2. The lowest BCUT2D eigenvalue weighted by Gasteiger charge is -2.19. The number of benzene rings is 1. The fourth-order valence-corrected chi connectivity index (χ4v) is 2.59. The molecule has 0 aliphatic heterocycles. The quantitative estimate of drug-likeness (QED) is 0.897. The van der Waals surface area contributed by atoms with Crippen LogP contribution in [0.1, 0.15) is 46.6 Å². The van der Waals surface area contributed by atoms with Gasteiger partial charge in [0.2, 0.25) is 0 Å². The van der Waals surface area contributed by atoms with Crippen molar-refractivity contribution >= 4 is 16.1 Å². The van der Waals surface area contributed by atoms with Gasteiger partial charge in [0.25, 0.3) is 10.0 Å². The lowest BCUT2D eigenvalue weighted by Crippen LogP contribution is -2.43. The normalized spacial score (nSPS) is 13.6. The highest BCUT2D eigenvalue weighted by Gasteiger charge is 2.20. The van der Waals surface area contributed by atoms with Crippen LogP contribution in [0, 0.1) is 0 Å². The van der Waals surface area contributed by atoms with E-state index in [9.17, 15) is 13.2 Å². The van der Waals surface area contributed by atoms with Gasteiger partial charge in [0.15, 0.2) is 0 Å². The summed E-state index contributed by atoms with van der Waals surface area (Å²) in [5.41, 5.74) is 0.981. The Morgan fingerprint density at radius 3 is 2.14 bits per heavy atom. The van der Waals surface area contributed by atoms with Crippen molar-refractivity contribution in [2.24, 2.45) is 0 Å². The number of nitrogens with one attached hydrogen (secondary N) is 2. The summed E-state index contributed by atoms with van der Waals surface area (Å²) >= 11 is 0. The summed E-state index contributed by atoms with van der Waals surface area (Å²) < 4.78 is 26.2. The molecule has 2 N–H and O–H groups in total. The molecular formula is C15H24N2O3S. The lowest BCUT2D eigenvalue weighted by atomic mass is 9.87. The molecule has 0 saturated carbocycles. The van der Waals surface area contributed by atoms with Gasteiger partial charge in [-0.2, -0.15) is 0 Å². The minimum absolute atomic E-state index is 0.0519. The highest BCUT2D eigenvalue weighted by Crippen LogP contribution is 2.23. The predicted molar refractivity (Wildman–Crippen MR) is 83.7 cm³/mol. The standard InChI is InChI=1S/C15H24N2O3S/c1-6-11(2)16-14(18)17-21(19,20)13-9-7-12(8-10-13)15(3,4)5/h7-11H,6H2,1-5H3,(H2,16,17,18). The van der Waals surface area contributed by atoms with E-state index in [2.05, 4.69) is 5.32 Å². The number of urea groups is 1. The van der Waals surface area contributed by atoms with Crippen molar-refractivity contribution < 1.29 is 13.2 Å². The van der Waals surface area contributed by atoms with Crippen molar-refractivity contribution in [3.05, 3.63) is 29.8 Å². The number of rotatable bonds is 4. The van der Waals surface area contributed by atoms with Crippen LogP contribution in [0.3, 0.4) is 0 Å². The molecule has 0 heterocycles. The van der Waals surface area contributed by atoms with Crippen LogP contribution >= 0.6 is 0 Å². The Morgan fingerprint density at radius 2 is 1.71 bits per heavy atom. The third-order valence-corrected chi connectivity index (χ3v) is 4.59. The number of carbonyl (C=O) groups is 1. The van der Waals surface area contributed by atoms with Gasteiger partial charge in [0.05, 0.1) is 4.90 Å². The summed E-state index contributed by atoms with van der Waals surface area (Å²) in [5, 5.41) is 2.56. The van der Waals surface area contributed by atoms with Crippen LogP contribution in [0.15, 0.2) is 29.2 Å². The summed E-state index contributed by atoms with van der Waals surface area (Å²) in [6.45, 7) is 9.87. The molecule has 2 amide bonds. The fourth-order valence-electron chi connectivity index (χ4n) is 1.67. The summed E-state index contributed by atoms with van der Waals surface area (Å²) in [7, 11) is -3.84. The first-order chi connectivity index (χ1) is 9.56. The molecule has 0 fully saturated rings. The third-order valence-electron chi connectivity index (χ3n) is 3.25. The molecule has 1 unspecified atom stereocenters. The first-order valence-corrected chi connectivity index (χ1v) is 8.48. The van der Waals surface area contributed by atoms with E-state index in [-0.39, 0.29) is 16.4 Å². The Bertz CT molecular complexity index is 586. The maximum atomic E-state index is 12.1. The molecule has 0 spiro atoms. The van der Waals surface area contributed by atoms with E-state index in [1.165, 1.54) is 12.1 Å². The molecule has 1 aromatic rings. The fraction of sp³-hybridized carbons (Fsp3) is 0.533. The van der Waals surface area contributed by atoms with Crippen LogP contribution in [0.4, 0.5) is 4.79 Å². The second-order valence-electron chi connectivity index (χ2n) is 6.16. The van der Waals surface area contributed by atoms with E-state index >= 15 is 0 Å². The van der Waals surface area contributed by atoms with Gasteiger partial charge >= 0.3 is 6.03 Å². The van der Waals surface area contributed by atoms with Crippen molar-refractivity contribution in [1.29, 1.82) is 0 Å². The molecule has 1 atom stereocenters. The van der Waals surface area contributed by atoms with Crippen molar-refractivity contribution in [2.45, 2.75) is 57.4 Å². The average Bonchev–Trinajstić information content (AvgIpc) is 2.37. The molecule has 0 radical (unpaired) electrons. The Kier molecular flexibility index (Phi) is 5.39. The second-order valence-corrected chi connectivity index (χ2v) is 7.85. The molecule has 5 nitrogen and oxygen atoms in total. The number of hydrogen-bond donors (Lipinski definition) is 2. The molecule has 1 aromatic carbocycles. The van der Waals surface area contributed by atoms with Crippen LogP contribution in [0.5, 0.6) is 0 Å². The first kappa shape index (κ1) is 17.5. The van der Waals surface area contributed by atoms with E-state index < -0.39 is 16.1 Å². The summed E-state index contributed by atoms with van der Waals surface area (Å²) in [6.07, 6.45) is 0.730. The monoisotopic (exact) mass is 312 g/mol. The van der Waals surface area contributed by atoms with E-state index in [0.717, 1.165) is 12.0 Å². The largest absolute Gasteiger partial charge is 0.335 e. The summed E-state index contributed by atoms with van der Waals surface area (Å²) in [5.74, 6) is 0. The molecule has 0 aliphatic rings. The van der Waals surface area contributed by atoms with Gasteiger partial charge in [-0.05, 0) is 36.5 Å². The maximum Gasteiger partial charge on any atom is 0.328 e. The maximum absolute atomic E-state index is 12.1. The Morgan fingerprint density at radius 1 is 1.19 bits per heavy atom. The summed E-state index contributed by atoms with van der Waals surface area (Å²) in [6, 6.07) is 5.77. The van der Waals surface area contributed by atoms with Gasteiger partial charge in [-0.15, -0.1) is 0 Å². The Hall–Kier alpha value is -1.56. The zero-order chi connectivity index (χ0) is 16.3. The molecule has 0 saturated heterocycles. The Labute approximate surface area is 127 Å². The van der Waals surface area contributed by atoms with Crippen molar-refractivity contribution in [1.82, 2.24) is 10.0 Å². The first-order valence-electron chi connectivity index (χ1n) is 7.00. The van der Waals surface area contributed by atoms with Crippen molar-refractivity contribution in [2.75, 3.05) is 0 Å². The molecule has 1 rings (SSSR count). The molecule has 6 heteroatoms. The molecule has 0 bridgehead atoms. The Balaban J connectivity index is 2.86. The van der Waals surface area contributed by atoms with E-state index in [4.69, 9.17) is 0 Å². The van der Waals surface area contributed by atoms with Gasteiger partial charge in [-0.3, -0.25) is 0 Å². The topological polar surface area (TPSA) is 75.3 Å². The molecule has 118 valence electrons.